The van der Waals surface area contributed by atoms with Gasteiger partial charge in [0.15, 0.2) is 19.0 Å². The molecule has 126 valence electrons. The molecule has 1 heterocycles. The van der Waals surface area contributed by atoms with Crippen molar-refractivity contribution < 1.29 is 19.1 Å². The third-order valence-corrected chi connectivity index (χ3v) is 3.27. The summed E-state index contributed by atoms with van der Waals surface area (Å²) in [5.41, 5.74) is 1.01. The first-order valence-electron chi connectivity index (χ1n) is 6.90. The van der Waals surface area contributed by atoms with E-state index in [1.807, 2.05) is 19.1 Å². The molecule has 8 heteroatoms. The Balaban J connectivity index is 1.75. The maximum atomic E-state index is 11.7. The third-order valence-electron chi connectivity index (χ3n) is 2.78. The number of hydrogen-bond acceptors (Lipinski definition) is 5. The van der Waals surface area contributed by atoms with Gasteiger partial charge in [-0.25, -0.2) is 9.78 Å². The van der Waals surface area contributed by atoms with Crippen molar-refractivity contribution in [2.24, 2.45) is 0 Å². The number of carbonyl (C=O) groups is 2. The van der Waals surface area contributed by atoms with Crippen molar-refractivity contribution in [2.45, 2.75) is 6.92 Å². The number of benzene rings is 1. The van der Waals surface area contributed by atoms with Crippen LogP contribution < -0.4 is 10.1 Å². The van der Waals surface area contributed by atoms with Gasteiger partial charge in [0, 0.05) is 6.20 Å². The summed E-state index contributed by atoms with van der Waals surface area (Å²) in [6.07, 6.45) is 1.34. The molecule has 24 heavy (non-hydrogen) atoms. The second-order valence-electron chi connectivity index (χ2n) is 4.80. The van der Waals surface area contributed by atoms with Gasteiger partial charge in [-0.2, -0.15) is 0 Å². The first-order valence-corrected chi connectivity index (χ1v) is 7.65. The zero-order chi connectivity index (χ0) is 17.5. The van der Waals surface area contributed by atoms with Crippen molar-refractivity contribution in [1.29, 1.82) is 0 Å². The van der Waals surface area contributed by atoms with Crippen LogP contribution >= 0.6 is 23.2 Å². The first kappa shape index (κ1) is 18.0. The minimum absolute atomic E-state index is 0.137. The van der Waals surface area contributed by atoms with E-state index in [2.05, 4.69) is 10.3 Å². The van der Waals surface area contributed by atoms with E-state index in [4.69, 9.17) is 32.7 Å². The van der Waals surface area contributed by atoms with E-state index in [-0.39, 0.29) is 17.4 Å². The number of hydrogen-bond donors (Lipinski definition) is 1. The smallest absolute Gasteiger partial charge is 0.344 e. The zero-order valence-electron chi connectivity index (χ0n) is 12.7. The Kier molecular flexibility index (Phi) is 6.40. The number of aryl methyl sites for hydroxylation is 1. The molecule has 0 saturated carbocycles. The molecule has 2 aromatic rings. The van der Waals surface area contributed by atoms with Gasteiger partial charge in [-0.05, 0) is 30.7 Å². The van der Waals surface area contributed by atoms with Gasteiger partial charge in [0.2, 0.25) is 0 Å². The summed E-state index contributed by atoms with van der Waals surface area (Å²) in [6, 6.07) is 8.67. The third kappa shape index (κ3) is 5.72. The van der Waals surface area contributed by atoms with Gasteiger partial charge in [0.25, 0.3) is 5.91 Å². The number of nitrogens with zero attached hydrogens (tertiary/aromatic N) is 1. The molecule has 0 spiro atoms. The fourth-order valence-electron chi connectivity index (χ4n) is 1.71. The van der Waals surface area contributed by atoms with Crippen molar-refractivity contribution in [3.63, 3.8) is 0 Å². The second-order valence-corrected chi connectivity index (χ2v) is 5.64. The predicted octanol–water partition coefficient (Wildman–Crippen LogP) is 3.26. The van der Waals surface area contributed by atoms with Crippen molar-refractivity contribution in [2.75, 3.05) is 18.5 Å². The fourth-order valence-corrected chi connectivity index (χ4v) is 2.14. The van der Waals surface area contributed by atoms with Gasteiger partial charge >= 0.3 is 5.97 Å². The minimum Gasteiger partial charge on any atom is -0.482 e. The molecule has 0 saturated heterocycles. The Morgan fingerprint density at radius 1 is 1.21 bits per heavy atom. The molecule has 0 aliphatic heterocycles. The van der Waals surface area contributed by atoms with Crippen LogP contribution in [0.5, 0.6) is 5.75 Å². The molecular weight excluding hydrogens is 355 g/mol. The average molecular weight is 369 g/mol. The van der Waals surface area contributed by atoms with Crippen LogP contribution in [0.4, 0.5) is 5.82 Å². The van der Waals surface area contributed by atoms with Gasteiger partial charge in [-0.3, -0.25) is 4.79 Å². The predicted molar refractivity (Wildman–Crippen MR) is 90.5 cm³/mol. The monoisotopic (exact) mass is 368 g/mol. The summed E-state index contributed by atoms with van der Waals surface area (Å²) in [6.45, 7) is 1.14. The van der Waals surface area contributed by atoms with Gasteiger partial charge in [0.1, 0.15) is 5.75 Å². The normalized spacial score (nSPS) is 10.1. The van der Waals surface area contributed by atoms with Crippen LogP contribution in [0, 0.1) is 6.92 Å². The molecule has 0 atom stereocenters. The van der Waals surface area contributed by atoms with Crippen molar-refractivity contribution in [3.8, 4) is 5.75 Å². The van der Waals surface area contributed by atoms with E-state index < -0.39 is 18.5 Å². The van der Waals surface area contributed by atoms with Crippen LogP contribution in [0.25, 0.3) is 0 Å². The van der Waals surface area contributed by atoms with Crippen LogP contribution in [-0.2, 0) is 14.3 Å². The molecule has 0 bridgehead atoms. The molecule has 2 rings (SSSR count). The summed E-state index contributed by atoms with van der Waals surface area (Å²) >= 11 is 11.6. The highest BCUT2D eigenvalue weighted by molar-refractivity contribution is 6.36. The molecule has 0 aliphatic carbocycles. The number of aromatic nitrogens is 1. The van der Waals surface area contributed by atoms with Gasteiger partial charge < -0.3 is 14.8 Å². The van der Waals surface area contributed by atoms with E-state index in [1.54, 1.807) is 12.1 Å². The van der Waals surface area contributed by atoms with Crippen molar-refractivity contribution in [3.05, 3.63) is 52.1 Å². The Labute approximate surface area is 148 Å². The number of anilines is 1. The standard InChI is InChI=1S/C16H14Cl2N2O4/c1-10-3-2-4-12(5-10)23-9-15(22)24-8-14(21)20-16-13(18)6-11(17)7-19-16/h2-7H,8-9H2,1H3,(H,19,20,21). The first-order chi connectivity index (χ1) is 11.4. The van der Waals surface area contributed by atoms with Gasteiger partial charge in [-0.15, -0.1) is 0 Å². The quantitative estimate of drug-likeness (QED) is 0.791. The largest absolute Gasteiger partial charge is 0.482 e. The Morgan fingerprint density at radius 3 is 2.71 bits per heavy atom. The van der Waals surface area contributed by atoms with Crippen LogP contribution in [0.15, 0.2) is 36.5 Å². The van der Waals surface area contributed by atoms with Gasteiger partial charge in [-0.1, -0.05) is 35.3 Å². The molecule has 1 aromatic heterocycles. The lowest BCUT2D eigenvalue weighted by Gasteiger charge is -2.08. The second kappa shape index (κ2) is 8.52. The number of esters is 1. The summed E-state index contributed by atoms with van der Waals surface area (Å²) in [7, 11) is 0. The van der Waals surface area contributed by atoms with Crippen molar-refractivity contribution in [1.82, 2.24) is 4.98 Å². The summed E-state index contributed by atoms with van der Waals surface area (Å²) in [5.74, 6) is -0.552. The van der Waals surface area contributed by atoms with E-state index in [0.717, 1.165) is 5.56 Å². The topological polar surface area (TPSA) is 77.5 Å². The fraction of sp³-hybridized carbons (Fsp3) is 0.188. The molecule has 0 radical (unpaired) electrons. The number of halogens is 2. The highest BCUT2D eigenvalue weighted by Crippen LogP contribution is 2.22. The molecule has 6 nitrogen and oxygen atoms in total. The number of carbonyl (C=O) groups excluding carboxylic acids is 2. The summed E-state index contributed by atoms with van der Waals surface area (Å²) in [5, 5.41) is 2.95. The van der Waals surface area contributed by atoms with Crippen LogP contribution in [-0.4, -0.2) is 30.1 Å². The number of amides is 1. The SMILES string of the molecule is Cc1cccc(OCC(=O)OCC(=O)Nc2ncc(Cl)cc2Cl)c1. The van der Waals surface area contributed by atoms with E-state index in [1.165, 1.54) is 12.3 Å². The maximum absolute atomic E-state index is 11.7. The Morgan fingerprint density at radius 2 is 2.00 bits per heavy atom. The van der Waals surface area contributed by atoms with Gasteiger partial charge in [0.05, 0.1) is 10.0 Å². The number of ether oxygens (including phenoxy) is 2. The number of pyridine rings is 1. The highest BCUT2D eigenvalue weighted by atomic mass is 35.5. The maximum Gasteiger partial charge on any atom is 0.344 e. The van der Waals surface area contributed by atoms with Crippen LogP contribution in [0.3, 0.4) is 0 Å². The lowest BCUT2D eigenvalue weighted by atomic mass is 10.2. The summed E-state index contributed by atoms with van der Waals surface area (Å²) in [4.78, 5) is 27.2. The molecule has 0 fully saturated rings. The Hall–Kier alpha value is -2.31. The Bertz CT molecular complexity index is 753. The van der Waals surface area contributed by atoms with Crippen LogP contribution in [0.1, 0.15) is 5.56 Å². The zero-order valence-corrected chi connectivity index (χ0v) is 14.2. The minimum atomic E-state index is -0.665. The van der Waals surface area contributed by atoms with E-state index in [9.17, 15) is 9.59 Å². The highest BCUT2D eigenvalue weighted by Gasteiger charge is 2.11. The summed E-state index contributed by atoms with van der Waals surface area (Å²) < 4.78 is 10.1. The number of rotatable bonds is 6. The van der Waals surface area contributed by atoms with E-state index in [0.29, 0.717) is 10.8 Å². The molecular formula is C16H14Cl2N2O4. The molecule has 1 aromatic carbocycles. The molecule has 0 aliphatic rings. The number of nitrogens with one attached hydrogen (secondary N) is 1. The van der Waals surface area contributed by atoms with E-state index >= 15 is 0 Å². The average Bonchev–Trinajstić information content (AvgIpc) is 2.54. The lowest BCUT2D eigenvalue weighted by molar-refractivity contribution is -0.149. The molecule has 1 N–H and O–H groups in total. The molecule has 0 unspecified atom stereocenters. The van der Waals surface area contributed by atoms with Crippen LogP contribution in [0.2, 0.25) is 10.0 Å². The lowest BCUT2D eigenvalue weighted by Crippen LogP contribution is -2.24. The molecule has 1 amide bonds. The van der Waals surface area contributed by atoms with Crippen molar-refractivity contribution >= 4 is 40.9 Å².